The van der Waals surface area contributed by atoms with Gasteiger partial charge >= 0.3 is 17.8 Å². The minimum absolute atomic E-state index is 0.0596. The van der Waals surface area contributed by atoms with Gasteiger partial charge in [0.15, 0.2) is 0 Å². The zero-order chi connectivity index (χ0) is 26.3. The number of carbonyl (C=O) groups excluding carboxylic acids is 2. The number of hydrogen-bond donors (Lipinski definition) is 2. The first kappa shape index (κ1) is 24.7. The van der Waals surface area contributed by atoms with Gasteiger partial charge < -0.3 is 29.6 Å². The molecule has 1 fully saturated rings. The second kappa shape index (κ2) is 11.4. The summed E-state index contributed by atoms with van der Waals surface area (Å²) in [7, 11) is 0. The Morgan fingerprint density at radius 3 is 2.45 bits per heavy atom. The maximum atomic E-state index is 12.6. The summed E-state index contributed by atoms with van der Waals surface area (Å²) in [5, 5.41) is 13.3. The van der Waals surface area contributed by atoms with Gasteiger partial charge in [-0.15, -0.1) is 5.10 Å². The van der Waals surface area contributed by atoms with E-state index in [9.17, 15) is 9.59 Å². The van der Waals surface area contributed by atoms with Crippen molar-refractivity contribution in [1.29, 1.82) is 0 Å². The molecule has 0 atom stereocenters. The molecule has 0 unspecified atom stereocenters. The molecule has 194 valence electrons. The number of ether oxygens (including phenoxy) is 1. The van der Waals surface area contributed by atoms with Crippen LogP contribution in [0.15, 0.2) is 71.4 Å². The Bertz CT molecular complexity index is 1390. The molecular formula is C26H26N8O4. The third-order valence-electron chi connectivity index (χ3n) is 5.86. The molecule has 2 aromatic heterocycles. The van der Waals surface area contributed by atoms with Crippen LogP contribution in [0.5, 0.6) is 5.75 Å². The lowest BCUT2D eigenvalue weighted by Gasteiger charge is -2.34. The standard InChI is InChI=1S/C26H26N8O4/c1-18(35)33-10-12-34(13-11-33)25-27-15-21(16-28-25)29-23(36)24-31-32-26(38-24)30-20-8-5-9-22(14-20)37-17-19-6-3-2-4-7-19/h2-9,14-16H,10-13,17H2,1H3,(H,29,36)(H,30,32). The van der Waals surface area contributed by atoms with Gasteiger partial charge in [0.25, 0.3) is 0 Å². The van der Waals surface area contributed by atoms with E-state index in [4.69, 9.17) is 9.15 Å². The quantitative estimate of drug-likeness (QED) is 0.361. The number of anilines is 4. The van der Waals surface area contributed by atoms with Crippen molar-refractivity contribution in [2.24, 2.45) is 0 Å². The Hall–Kier alpha value is -5.00. The molecule has 5 rings (SSSR count). The number of hydrogen-bond acceptors (Lipinski definition) is 10. The average Bonchev–Trinajstić information content (AvgIpc) is 3.42. The third kappa shape index (κ3) is 6.22. The van der Waals surface area contributed by atoms with Gasteiger partial charge in [0.2, 0.25) is 11.9 Å². The monoisotopic (exact) mass is 514 g/mol. The summed E-state index contributed by atoms with van der Waals surface area (Å²) in [5.41, 5.74) is 2.11. The van der Waals surface area contributed by atoms with Crippen molar-refractivity contribution < 1.29 is 18.7 Å². The van der Waals surface area contributed by atoms with E-state index in [1.54, 1.807) is 17.9 Å². The number of rotatable bonds is 8. The predicted molar refractivity (Wildman–Crippen MR) is 139 cm³/mol. The largest absolute Gasteiger partial charge is 0.489 e. The zero-order valence-electron chi connectivity index (χ0n) is 20.7. The SMILES string of the molecule is CC(=O)N1CCN(c2ncc(NC(=O)c3nnc(Nc4cccc(OCc5ccccc5)c4)o3)cn2)CC1. The van der Waals surface area contributed by atoms with E-state index in [1.165, 1.54) is 12.4 Å². The fourth-order valence-corrected chi connectivity index (χ4v) is 3.85. The molecule has 38 heavy (non-hydrogen) atoms. The topological polar surface area (TPSA) is 139 Å². The Morgan fingerprint density at radius 2 is 1.71 bits per heavy atom. The first-order chi connectivity index (χ1) is 18.5. The second-order valence-corrected chi connectivity index (χ2v) is 8.56. The summed E-state index contributed by atoms with van der Waals surface area (Å²) >= 11 is 0. The van der Waals surface area contributed by atoms with Gasteiger partial charge in [-0.2, -0.15) is 0 Å². The Labute approximate surface area is 218 Å². The predicted octanol–water partition coefficient (Wildman–Crippen LogP) is 3.10. The molecule has 12 heteroatoms. The summed E-state index contributed by atoms with van der Waals surface area (Å²) in [6.45, 7) is 4.53. The first-order valence-electron chi connectivity index (χ1n) is 12.0. The summed E-state index contributed by atoms with van der Waals surface area (Å²) in [5.74, 6) is 0.459. The molecular weight excluding hydrogens is 488 g/mol. The van der Waals surface area contributed by atoms with E-state index in [1.807, 2.05) is 53.4 Å². The summed E-state index contributed by atoms with van der Waals surface area (Å²) in [6.07, 6.45) is 3.02. The molecule has 2 aromatic carbocycles. The van der Waals surface area contributed by atoms with Gasteiger partial charge in [-0.3, -0.25) is 9.59 Å². The van der Waals surface area contributed by atoms with Crippen molar-refractivity contribution in [2.45, 2.75) is 13.5 Å². The third-order valence-corrected chi connectivity index (χ3v) is 5.86. The van der Waals surface area contributed by atoms with Crippen LogP contribution in [0, 0.1) is 0 Å². The van der Waals surface area contributed by atoms with E-state index in [-0.39, 0.29) is 17.8 Å². The zero-order valence-corrected chi connectivity index (χ0v) is 20.7. The number of piperazine rings is 1. The molecule has 3 heterocycles. The summed E-state index contributed by atoms with van der Waals surface area (Å²) in [6, 6.07) is 17.2. The van der Waals surface area contributed by atoms with Gasteiger partial charge in [0, 0.05) is 44.9 Å². The van der Waals surface area contributed by atoms with E-state index in [0.29, 0.717) is 55.9 Å². The van der Waals surface area contributed by atoms with Crippen LogP contribution in [0.25, 0.3) is 0 Å². The molecule has 2 amide bonds. The highest BCUT2D eigenvalue weighted by Crippen LogP contribution is 2.22. The maximum Gasteiger partial charge on any atom is 0.320 e. The number of carbonyl (C=O) groups is 2. The highest BCUT2D eigenvalue weighted by Gasteiger charge is 2.21. The Kier molecular flexibility index (Phi) is 7.39. The molecule has 2 N–H and O–H groups in total. The maximum absolute atomic E-state index is 12.6. The van der Waals surface area contributed by atoms with Gasteiger partial charge in [0.05, 0.1) is 18.1 Å². The Morgan fingerprint density at radius 1 is 0.947 bits per heavy atom. The minimum Gasteiger partial charge on any atom is -0.489 e. The number of nitrogens with one attached hydrogen (secondary N) is 2. The van der Waals surface area contributed by atoms with Crippen LogP contribution in [0.1, 0.15) is 23.2 Å². The van der Waals surface area contributed by atoms with Crippen LogP contribution >= 0.6 is 0 Å². The van der Waals surface area contributed by atoms with Gasteiger partial charge in [-0.1, -0.05) is 41.5 Å². The van der Waals surface area contributed by atoms with Gasteiger partial charge in [0.1, 0.15) is 12.4 Å². The van der Waals surface area contributed by atoms with Crippen molar-refractivity contribution in [3.8, 4) is 5.75 Å². The average molecular weight is 515 g/mol. The van der Waals surface area contributed by atoms with Crippen molar-refractivity contribution in [1.82, 2.24) is 25.1 Å². The lowest BCUT2D eigenvalue weighted by Crippen LogP contribution is -2.48. The molecule has 0 bridgehead atoms. The lowest BCUT2D eigenvalue weighted by molar-refractivity contribution is -0.129. The second-order valence-electron chi connectivity index (χ2n) is 8.56. The van der Waals surface area contributed by atoms with Crippen LogP contribution in [-0.4, -0.2) is 63.1 Å². The molecule has 12 nitrogen and oxygen atoms in total. The van der Waals surface area contributed by atoms with Crippen LogP contribution < -0.4 is 20.3 Å². The highest BCUT2D eigenvalue weighted by molar-refractivity contribution is 6.00. The normalized spacial score (nSPS) is 13.2. The minimum atomic E-state index is -0.586. The van der Waals surface area contributed by atoms with Crippen molar-refractivity contribution >= 4 is 35.2 Å². The van der Waals surface area contributed by atoms with Crippen molar-refractivity contribution in [3.63, 3.8) is 0 Å². The van der Waals surface area contributed by atoms with Crippen molar-refractivity contribution in [2.75, 3.05) is 41.7 Å². The van der Waals surface area contributed by atoms with E-state index in [2.05, 4.69) is 30.8 Å². The van der Waals surface area contributed by atoms with Gasteiger partial charge in [-0.25, -0.2) is 9.97 Å². The molecule has 0 radical (unpaired) electrons. The van der Waals surface area contributed by atoms with Gasteiger partial charge in [-0.05, 0) is 17.7 Å². The summed E-state index contributed by atoms with van der Waals surface area (Å²) < 4.78 is 11.3. The van der Waals surface area contributed by atoms with Crippen LogP contribution in [-0.2, 0) is 11.4 Å². The molecule has 0 spiro atoms. The number of benzene rings is 2. The summed E-state index contributed by atoms with van der Waals surface area (Å²) in [4.78, 5) is 36.5. The van der Waals surface area contributed by atoms with E-state index < -0.39 is 5.91 Å². The molecule has 1 aliphatic rings. The highest BCUT2D eigenvalue weighted by atomic mass is 16.5. The van der Waals surface area contributed by atoms with Crippen LogP contribution in [0.3, 0.4) is 0 Å². The fourth-order valence-electron chi connectivity index (χ4n) is 3.85. The fraction of sp³-hybridized carbons (Fsp3) is 0.231. The molecule has 1 saturated heterocycles. The molecule has 0 aliphatic carbocycles. The van der Waals surface area contributed by atoms with E-state index >= 15 is 0 Å². The molecule has 1 aliphatic heterocycles. The molecule has 0 saturated carbocycles. The number of nitrogens with zero attached hydrogens (tertiary/aromatic N) is 6. The van der Waals surface area contributed by atoms with E-state index in [0.717, 1.165) is 5.56 Å². The number of aromatic nitrogens is 4. The van der Waals surface area contributed by atoms with Crippen molar-refractivity contribution in [3.05, 3.63) is 78.4 Å². The number of amides is 2. The lowest BCUT2D eigenvalue weighted by atomic mass is 10.2. The molecule has 4 aromatic rings. The van der Waals surface area contributed by atoms with Crippen LogP contribution in [0.2, 0.25) is 0 Å². The Balaban J connectivity index is 1.14. The first-order valence-corrected chi connectivity index (χ1v) is 12.0. The smallest absolute Gasteiger partial charge is 0.320 e. The van der Waals surface area contributed by atoms with Crippen LogP contribution in [0.4, 0.5) is 23.3 Å².